The second-order valence-corrected chi connectivity index (χ2v) is 7.70. The molecule has 1 aromatic carbocycles. The van der Waals surface area contributed by atoms with Crippen molar-refractivity contribution in [3.8, 4) is 0 Å². The molecule has 1 atom stereocenters. The van der Waals surface area contributed by atoms with Crippen LogP contribution in [0.3, 0.4) is 0 Å². The number of hydrogen-bond acceptors (Lipinski definition) is 5. The molecule has 0 radical (unpaired) electrons. The van der Waals surface area contributed by atoms with Crippen molar-refractivity contribution >= 4 is 17.2 Å². The summed E-state index contributed by atoms with van der Waals surface area (Å²) < 4.78 is 5.44. The first-order chi connectivity index (χ1) is 12.0. The van der Waals surface area contributed by atoms with Gasteiger partial charge in [-0.3, -0.25) is 9.69 Å². The molecular weight excluding hydrogens is 334 g/mol. The van der Waals surface area contributed by atoms with Crippen LogP contribution in [0.4, 0.5) is 0 Å². The van der Waals surface area contributed by atoms with Crippen LogP contribution >= 0.6 is 11.3 Å². The SMILES string of the molecule is Cc1ccc(C(CN2CCOCC2)NC(=O)c2sc(C)nc2C)cc1. The Bertz CT molecular complexity index is 721. The van der Waals surface area contributed by atoms with Crippen LogP contribution in [0.15, 0.2) is 24.3 Å². The van der Waals surface area contributed by atoms with Gasteiger partial charge in [-0.25, -0.2) is 4.98 Å². The highest BCUT2D eigenvalue weighted by atomic mass is 32.1. The van der Waals surface area contributed by atoms with Gasteiger partial charge in [0.15, 0.2) is 0 Å². The quantitative estimate of drug-likeness (QED) is 0.892. The minimum absolute atomic E-state index is 0.0399. The minimum atomic E-state index is -0.0481. The van der Waals surface area contributed by atoms with Gasteiger partial charge in [-0.05, 0) is 26.3 Å². The summed E-state index contributed by atoms with van der Waals surface area (Å²) in [6, 6.07) is 8.34. The van der Waals surface area contributed by atoms with E-state index in [1.165, 1.54) is 16.9 Å². The maximum absolute atomic E-state index is 12.8. The number of carbonyl (C=O) groups excluding carboxylic acids is 1. The molecule has 134 valence electrons. The third-order valence-corrected chi connectivity index (χ3v) is 5.51. The Hall–Kier alpha value is -1.76. The molecule has 0 aliphatic carbocycles. The van der Waals surface area contributed by atoms with E-state index in [0.717, 1.165) is 49.1 Å². The topological polar surface area (TPSA) is 54.5 Å². The fourth-order valence-electron chi connectivity index (χ4n) is 3.04. The standard InChI is InChI=1S/C19H25N3O2S/c1-13-4-6-16(7-5-13)17(12-22-8-10-24-11-9-22)21-19(23)18-14(2)20-15(3)25-18/h4-7,17H,8-12H2,1-3H3,(H,21,23). The maximum Gasteiger partial charge on any atom is 0.263 e. The zero-order valence-electron chi connectivity index (χ0n) is 15.0. The van der Waals surface area contributed by atoms with Crippen molar-refractivity contribution in [3.63, 3.8) is 0 Å². The zero-order valence-corrected chi connectivity index (χ0v) is 15.9. The molecule has 1 aromatic heterocycles. The Labute approximate surface area is 153 Å². The highest BCUT2D eigenvalue weighted by Crippen LogP contribution is 2.21. The summed E-state index contributed by atoms with van der Waals surface area (Å²) in [4.78, 5) is 20.2. The van der Waals surface area contributed by atoms with Crippen LogP contribution in [-0.2, 0) is 4.74 Å². The Morgan fingerprint density at radius 3 is 2.52 bits per heavy atom. The van der Waals surface area contributed by atoms with Crippen molar-refractivity contribution in [2.24, 2.45) is 0 Å². The maximum atomic E-state index is 12.8. The lowest BCUT2D eigenvalue weighted by molar-refractivity contribution is 0.0332. The largest absolute Gasteiger partial charge is 0.379 e. The Morgan fingerprint density at radius 1 is 1.24 bits per heavy atom. The van der Waals surface area contributed by atoms with E-state index in [-0.39, 0.29) is 11.9 Å². The van der Waals surface area contributed by atoms with E-state index < -0.39 is 0 Å². The van der Waals surface area contributed by atoms with Gasteiger partial charge in [0, 0.05) is 19.6 Å². The monoisotopic (exact) mass is 359 g/mol. The van der Waals surface area contributed by atoms with Crippen molar-refractivity contribution in [2.75, 3.05) is 32.8 Å². The lowest BCUT2D eigenvalue weighted by Gasteiger charge is -2.31. The average Bonchev–Trinajstić information content (AvgIpc) is 2.94. The normalized spacial score (nSPS) is 16.6. The smallest absolute Gasteiger partial charge is 0.263 e. The van der Waals surface area contributed by atoms with E-state index >= 15 is 0 Å². The summed E-state index contributed by atoms with van der Waals surface area (Å²) in [6.45, 7) is 9.98. The molecule has 5 nitrogen and oxygen atoms in total. The van der Waals surface area contributed by atoms with Crippen molar-refractivity contribution in [3.05, 3.63) is 51.0 Å². The number of ether oxygens (including phenoxy) is 1. The van der Waals surface area contributed by atoms with Crippen molar-refractivity contribution in [1.82, 2.24) is 15.2 Å². The van der Waals surface area contributed by atoms with Gasteiger partial charge in [0.1, 0.15) is 4.88 Å². The van der Waals surface area contributed by atoms with Gasteiger partial charge in [0.05, 0.1) is 30.0 Å². The highest BCUT2D eigenvalue weighted by Gasteiger charge is 2.22. The number of thiazole rings is 1. The van der Waals surface area contributed by atoms with Gasteiger partial charge in [0.2, 0.25) is 0 Å². The summed E-state index contributed by atoms with van der Waals surface area (Å²) in [5.41, 5.74) is 3.15. The minimum Gasteiger partial charge on any atom is -0.379 e. The molecule has 2 aromatic rings. The van der Waals surface area contributed by atoms with Gasteiger partial charge in [-0.1, -0.05) is 29.8 Å². The van der Waals surface area contributed by atoms with Crippen LogP contribution in [-0.4, -0.2) is 48.6 Å². The molecule has 1 fully saturated rings. The first-order valence-electron chi connectivity index (χ1n) is 8.64. The first kappa shape index (κ1) is 18.0. The fraction of sp³-hybridized carbons (Fsp3) is 0.474. The number of carbonyl (C=O) groups is 1. The molecule has 3 rings (SSSR count). The second-order valence-electron chi connectivity index (χ2n) is 6.50. The molecular formula is C19H25N3O2S. The number of morpholine rings is 1. The van der Waals surface area contributed by atoms with E-state index in [2.05, 4.69) is 46.4 Å². The number of nitrogens with zero attached hydrogens (tertiary/aromatic N) is 2. The Kier molecular flexibility index (Phi) is 5.83. The lowest BCUT2D eigenvalue weighted by Crippen LogP contribution is -2.43. The van der Waals surface area contributed by atoms with E-state index in [1.54, 1.807) is 0 Å². The van der Waals surface area contributed by atoms with Crippen molar-refractivity contribution in [2.45, 2.75) is 26.8 Å². The van der Waals surface area contributed by atoms with Gasteiger partial charge in [-0.2, -0.15) is 0 Å². The summed E-state index contributed by atoms with van der Waals surface area (Å²) in [5, 5.41) is 4.14. The third-order valence-electron chi connectivity index (χ3n) is 4.44. The van der Waals surface area contributed by atoms with Crippen LogP contribution < -0.4 is 5.32 Å². The highest BCUT2D eigenvalue weighted by molar-refractivity contribution is 7.13. The molecule has 2 heterocycles. The molecule has 1 amide bonds. The molecule has 1 N–H and O–H groups in total. The fourth-order valence-corrected chi connectivity index (χ4v) is 3.86. The Balaban J connectivity index is 1.78. The van der Waals surface area contributed by atoms with E-state index in [1.807, 2.05) is 13.8 Å². The predicted octanol–water partition coefficient (Wildman–Crippen LogP) is 2.87. The average molecular weight is 359 g/mol. The van der Waals surface area contributed by atoms with Crippen LogP contribution in [0.25, 0.3) is 0 Å². The first-order valence-corrected chi connectivity index (χ1v) is 9.46. The van der Waals surface area contributed by atoms with Gasteiger partial charge >= 0.3 is 0 Å². The molecule has 25 heavy (non-hydrogen) atoms. The summed E-state index contributed by atoms with van der Waals surface area (Å²) in [7, 11) is 0. The second kappa shape index (κ2) is 8.08. The molecule has 0 bridgehead atoms. The summed E-state index contributed by atoms with van der Waals surface area (Å²) in [6.07, 6.45) is 0. The number of hydrogen-bond donors (Lipinski definition) is 1. The number of amides is 1. The van der Waals surface area contributed by atoms with E-state index in [9.17, 15) is 4.79 Å². The predicted molar refractivity (Wildman–Crippen MR) is 100 cm³/mol. The lowest BCUT2D eigenvalue weighted by atomic mass is 10.0. The molecule has 1 saturated heterocycles. The van der Waals surface area contributed by atoms with E-state index in [4.69, 9.17) is 4.74 Å². The van der Waals surface area contributed by atoms with E-state index in [0.29, 0.717) is 4.88 Å². The molecule has 0 saturated carbocycles. The number of benzene rings is 1. The van der Waals surface area contributed by atoms with Gasteiger partial charge in [-0.15, -0.1) is 11.3 Å². The third kappa shape index (κ3) is 4.66. The Morgan fingerprint density at radius 2 is 1.92 bits per heavy atom. The number of rotatable bonds is 5. The van der Waals surface area contributed by atoms with Crippen LogP contribution in [0, 0.1) is 20.8 Å². The number of aromatic nitrogens is 1. The van der Waals surface area contributed by atoms with Crippen LogP contribution in [0.2, 0.25) is 0 Å². The molecule has 1 unspecified atom stereocenters. The van der Waals surface area contributed by atoms with Crippen LogP contribution in [0.1, 0.15) is 37.5 Å². The van der Waals surface area contributed by atoms with Crippen molar-refractivity contribution in [1.29, 1.82) is 0 Å². The molecule has 1 aliphatic rings. The molecule has 0 spiro atoms. The summed E-state index contributed by atoms with van der Waals surface area (Å²) >= 11 is 1.45. The number of aryl methyl sites for hydroxylation is 3. The summed E-state index contributed by atoms with van der Waals surface area (Å²) in [5.74, 6) is -0.0399. The zero-order chi connectivity index (χ0) is 17.8. The molecule has 1 aliphatic heterocycles. The van der Waals surface area contributed by atoms with Gasteiger partial charge in [0.25, 0.3) is 5.91 Å². The molecule has 6 heteroatoms. The van der Waals surface area contributed by atoms with Gasteiger partial charge < -0.3 is 10.1 Å². The van der Waals surface area contributed by atoms with Crippen molar-refractivity contribution < 1.29 is 9.53 Å². The number of nitrogens with one attached hydrogen (secondary N) is 1. The van der Waals surface area contributed by atoms with Crippen LogP contribution in [0.5, 0.6) is 0 Å².